The number of hydrogen-bond donors (Lipinski definition) is 1. The number of carbonyl (C=O) groups is 1. The molecule has 0 bridgehead atoms. The summed E-state index contributed by atoms with van der Waals surface area (Å²) < 4.78 is 0. The summed E-state index contributed by atoms with van der Waals surface area (Å²) in [5.41, 5.74) is 0.966. The summed E-state index contributed by atoms with van der Waals surface area (Å²) in [6.07, 6.45) is 3.40. The lowest BCUT2D eigenvalue weighted by Gasteiger charge is -2.05. The molecule has 0 spiro atoms. The third kappa shape index (κ3) is 3.42. The van der Waals surface area contributed by atoms with Gasteiger partial charge in [0.25, 0.3) is 0 Å². The first-order valence-corrected chi connectivity index (χ1v) is 4.44. The topological polar surface area (TPSA) is 42.0 Å². The molecule has 0 aliphatic heterocycles. The molecule has 1 aromatic rings. The highest BCUT2D eigenvalue weighted by atomic mass is 35.5. The number of rotatable bonds is 3. The largest absolute Gasteiger partial charge is 0.351 e. The van der Waals surface area contributed by atoms with E-state index in [1.54, 1.807) is 19.3 Å². The van der Waals surface area contributed by atoms with Gasteiger partial charge in [-0.05, 0) is 18.6 Å². The van der Waals surface area contributed by atoms with Gasteiger partial charge in [-0.15, -0.1) is 11.6 Å². The Balaban J connectivity index is 2.40. The fourth-order valence-electron chi connectivity index (χ4n) is 0.833. The summed E-state index contributed by atoms with van der Waals surface area (Å²) in [6.45, 7) is 2.11. The van der Waals surface area contributed by atoms with Crippen molar-refractivity contribution < 1.29 is 4.79 Å². The second-order valence-corrected chi connectivity index (χ2v) is 3.35. The van der Waals surface area contributed by atoms with Crippen molar-refractivity contribution in [3.05, 3.63) is 30.1 Å². The Kier molecular flexibility index (Phi) is 3.71. The number of nitrogens with one attached hydrogen (secondary N) is 1. The maximum atomic E-state index is 11.1. The van der Waals surface area contributed by atoms with Crippen molar-refractivity contribution in [2.75, 3.05) is 0 Å². The van der Waals surface area contributed by atoms with Gasteiger partial charge in [-0.3, -0.25) is 9.78 Å². The molecule has 1 amide bonds. The predicted molar refractivity (Wildman–Crippen MR) is 51.4 cm³/mol. The van der Waals surface area contributed by atoms with Crippen LogP contribution in [0.1, 0.15) is 12.5 Å². The minimum atomic E-state index is -0.489. The van der Waals surface area contributed by atoms with Gasteiger partial charge >= 0.3 is 0 Å². The SMILES string of the molecule is CC(Cl)C(=O)NCc1cccnc1. The van der Waals surface area contributed by atoms with Crippen LogP contribution in [0, 0.1) is 0 Å². The Morgan fingerprint density at radius 1 is 1.77 bits per heavy atom. The number of hydrogen-bond acceptors (Lipinski definition) is 2. The highest BCUT2D eigenvalue weighted by molar-refractivity contribution is 6.30. The lowest BCUT2D eigenvalue weighted by molar-refractivity contribution is -0.120. The van der Waals surface area contributed by atoms with E-state index in [0.717, 1.165) is 5.56 Å². The normalized spacial score (nSPS) is 12.2. The summed E-state index contributed by atoms with van der Waals surface area (Å²) >= 11 is 5.57. The minimum absolute atomic E-state index is 0.162. The molecular weight excluding hydrogens is 188 g/mol. The lowest BCUT2D eigenvalue weighted by atomic mass is 10.3. The standard InChI is InChI=1S/C9H11ClN2O/c1-7(10)9(13)12-6-8-3-2-4-11-5-8/h2-5,7H,6H2,1H3,(H,12,13). The minimum Gasteiger partial charge on any atom is -0.351 e. The number of amides is 1. The Labute approximate surface area is 82.1 Å². The molecule has 1 atom stereocenters. The van der Waals surface area contributed by atoms with Crippen LogP contribution in [0.2, 0.25) is 0 Å². The molecule has 0 saturated heterocycles. The summed E-state index contributed by atoms with van der Waals surface area (Å²) in [6, 6.07) is 3.72. The van der Waals surface area contributed by atoms with E-state index < -0.39 is 5.38 Å². The van der Waals surface area contributed by atoms with E-state index in [1.165, 1.54) is 0 Å². The average molecular weight is 199 g/mol. The van der Waals surface area contributed by atoms with Crippen molar-refractivity contribution in [2.24, 2.45) is 0 Å². The second-order valence-electron chi connectivity index (χ2n) is 2.70. The average Bonchev–Trinajstić information content (AvgIpc) is 2.15. The number of nitrogens with zero attached hydrogens (tertiary/aromatic N) is 1. The fraction of sp³-hybridized carbons (Fsp3) is 0.333. The molecule has 0 aliphatic rings. The highest BCUT2D eigenvalue weighted by Gasteiger charge is 2.07. The molecule has 1 aromatic heterocycles. The van der Waals surface area contributed by atoms with E-state index >= 15 is 0 Å². The van der Waals surface area contributed by atoms with Crippen LogP contribution in [-0.2, 0) is 11.3 Å². The molecule has 13 heavy (non-hydrogen) atoms. The zero-order chi connectivity index (χ0) is 9.68. The third-order valence-corrected chi connectivity index (χ3v) is 1.75. The number of pyridine rings is 1. The van der Waals surface area contributed by atoms with Crippen molar-refractivity contribution in [1.29, 1.82) is 0 Å². The van der Waals surface area contributed by atoms with Crippen LogP contribution in [0.5, 0.6) is 0 Å². The highest BCUT2D eigenvalue weighted by Crippen LogP contribution is 1.97. The van der Waals surface area contributed by atoms with Crippen molar-refractivity contribution in [3.8, 4) is 0 Å². The van der Waals surface area contributed by atoms with Crippen LogP contribution in [-0.4, -0.2) is 16.3 Å². The van der Waals surface area contributed by atoms with E-state index in [2.05, 4.69) is 10.3 Å². The van der Waals surface area contributed by atoms with Crippen molar-refractivity contribution in [3.63, 3.8) is 0 Å². The van der Waals surface area contributed by atoms with Gasteiger partial charge in [0, 0.05) is 18.9 Å². The zero-order valence-corrected chi connectivity index (χ0v) is 8.08. The van der Waals surface area contributed by atoms with Gasteiger partial charge < -0.3 is 5.32 Å². The van der Waals surface area contributed by atoms with Crippen molar-refractivity contribution in [1.82, 2.24) is 10.3 Å². The molecule has 0 fully saturated rings. The molecule has 4 heteroatoms. The predicted octanol–water partition coefficient (Wildman–Crippen LogP) is 1.33. The van der Waals surface area contributed by atoms with Crippen LogP contribution in [0.15, 0.2) is 24.5 Å². The summed E-state index contributed by atoms with van der Waals surface area (Å²) in [5, 5.41) is 2.20. The summed E-state index contributed by atoms with van der Waals surface area (Å²) in [5.74, 6) is -0.162. The Bertz CT molecular complexity index is 274. The number of halogens is 1. The molecule has 70 valence electrons. The van der Waals surface area contributed by atoms with E-state index in [0.29, 0.717) is 6.54 Å². The maximum Gasteiger partial charge on any atom is 0.238 e. The van der Waals surface area contributed by atoms with E-state index in [1.807, 2.05) is 12.1 Å². The number of aromatic nitrogens is 1. The van der Waals surface area contributed by atoms with E-state index in [9.17, 15) is 4.79 Å². The van der Waals surface area contributed by atoms with Gasteiger partial charge in [0.2, 0.25) is 5.91 Å². The Morgan fingerprint density at radius 3 is 3.08 bits per heavy atom. The fourth-order valence-corrected chi connectivity index (χ4v) is 0.910. The molecular formula is C9H11ClN2O. The smallest absolute Gasteiger partial charge is 0.238 e. The van der Waals surface area contributed by atoms with Crippen LogP contribution < -0.4 is 5.32 Å². The first kappa shape index (κ1) is 9.99. The molecule has 0 saturated carbocycles. The molecule has 0 aromatic carbocycles. The van der Waals surface area contributed by atoms with Gasteiger partial charge in [-0.25, -0.2) is 0 Å². The monoisotopic (exact) mass is 198 g/mol. The van der Waals surface area contributed by atoms with Gasteiger partial charge in [-0.1, -0.05) is 6.07 Å². The van der Waals surface area contributed by atoms with Gasteiger partial charge in [0.1, 0.15) is 5.38 Å². The molecule has 0 aliphatic carbocycles. The Morgan fingerprint density at radius 2 is 2.54 bits per heavy atom. The van der Waals surface area contributed by atoms with E-state index in [-0.39, 0.29) is 5.91 Å². The summed E-state index contributed by atoms with van der Waals surface area (Å²) in [7, 11) is 0. The van der Waals surface area contributed by atoms with E-state index in [4.69, 9.17) is 11.6 Å². The first-order chi connectivity index (χ1) is 6.20. The van der Waals surface area contributed by atoms with Crippen molar-refractivity contribution >= 4 is 17.5 Å². The third-order valence-electron chi connectivity index (χ3n) is 1.55. The molecule has 1 unspecified atom stereocenters. The molecule has 1 heterocycles. The molecule has 3 nitrogen and oxygen atoms in total. The molecule has 0 radical (unpaired) electrons. The first-order valence-electron chi connectivity index (χ1n) is 4.01. The van der Waals surface area contributed by atoms with Crippen LogP contribution in [0.3, 0.4) is 0 Å². The molecule has 1 rings (SSSR count). The molecule has 1 N–H and O–H groups in total. The second kappa shape index (κ2) is 4.82. The summed E-state index contributed by atoms with van der Waals surface area (Å²) in [4.78, 5) is 15.0. The Hall–Kier alpha value is -1.09. The maximum absolute atomic E-state index is 11.1. The van der Waals surface area contributed by atoms with Gasteiger partial charge in [0.15, 0.2) is 0 Å². The van der Waals surface area contributed by atoms with Crippen LogP contribution in [0.4, 0.5) is 0 Å². The van der Waals surface area contributed by atoms with Gasteiger partial charge in [-0.2, -0.15) is 0 Å². The number of carbonyl (C=O) groups excluding carboxylic acids is 1. The number of alkyl halides is 1. The lowest BCUT2D eigenvalue weighted by Crippen LogP contribution is -2.29. The zero-order valence-electron chi connectivity index (χ0n) is 7.33. The van der Waals surface area contributed by atoms with Gasteiger partial charge in [0.05, 0.1) is 0 Å². The quantitative estimate of drug-likeness (QED) is 0.745. The van der Waals surface area contributed by atoms with Crippen molar-refractivity contribution in [2.45, 2.75) is 18.8 Å². The van der Waals surface area contributed by atoms with Crippen LogP contribution >= 0.6 is 11.6 Å². The van der Waals surface area contributed by atoms with Crippen LogP contribution in [0.25, 0.3) is 0 Å².